The fourth-order valence-corrected chi connectivity index (χ4v) is 3.39. The summed E-state index contributed by atoms with van der Waals surface area (Å²) in [6.45, 7) is 2.94. The van der Waals surface area contributed by atoms with Gasteiger partial charge in [0.2, 0.25) is 0 Å². The highest BCUT2D eigenvalue weighted by molar-refractivity contribution is 7.12. The highest BCUT2D eigenvalue weighted by Gasteiger charge is 2.15. The van der Waals surface area contributed by atoms with Crippen molar-refractivity contribution < 1.29 is 9.84 Å². The summed E-state index contributed by atoms with van der Waals surface area (Å²) in [7, 11) is 0. The second kappa shape index (κ2) is 7.15. The molecule has 1 atom stereocenters. The largest absolute Gasteiger partial charge is 0.484 e. The fraction of sp³-hybridized carbons (Fsp3) is 0.733. The Morgan fingerprint density at radius 3 is 2.89 bits per heavy atom. The number of thiophene rings is 1. The molecule has 0 bridgehead atoms. The normalized spacial score (nSPS) is 18.8. The number of hydrogen-bond acceptors (Lipinski definition) is 3. The van der Waals surface area contributed by atoms with Crippen LogP contribution in [-0.2, 0) is 0 Å². The van der Waals surface area contributed by atoms with Gasteiger partial charge >= 0.3 is 0 Å². The van der Waals surface area contributed by atoms with Gasteiger partial charge in [0.25, 0.3) is 0 Å². The number of rotatable bonds is 6. The monoisotopic (exact) mass is 268 g/mol. The van der Waals surface area contributed by atoms with Gasteiger partial charge in [-0.25, -0.2) is 0 Å². The van der Waals surface area contributed by atoms with Crippen molar-refractivity contribution in [1.82, 2.24) is 0 Å². The van der Waals surface area contributed by atoms with Crippen molar-refractivity contribution in [3.8, 4) is 5.06 Å². The lowest BCUT2D eigenvalue weighted by Gasteiger charge is -2.21. The molecule has 1 aromatic rings. The van der Waals surface area contributed by atoms with Crippen LogP contribution in [0.4, 0.5) is 0 Å². The van der Waals surface area contributed by atoms with Crippen LogP contribution < -0.4 is 4.74 Å². The molecule has 1 aromatic heterocycles. The van der Waals surface area contributed by atoms with Crippen molar-refractivity contribution in [2.75, 3.05) is 6.61 Å². The van der Waals surface area contributed by atoms with Crippen LogP contribution in [0.1, 0.15) is 63.5 Å². The quantitative estimate of drug-likeness (QED) is 0.820. The first-order valence-corrected chi connectivity index (χ1v) is 8.07. The molecule has 2 rings (SSSR count). The maximum Gasteiger partial charge on any atom is 0.174 e. The molecule has 1 aliphatic carbocycles. The summed E-state index contributed by atoms with van der Waals surface area (Å²) in [6.07, 6.45) is 8.26. The summed E-state index contributed by atoms with van der Waals surface area (Å²) < 4.78 is 5.86. The second-order valence-corrected chi connectivity index (χ2v) is 6.19. The van der Waals surface area contributed by atoms with E-state index in [0.717, 1.165) is 36.0 Å². The smallest absolute Gasteiger partial charge is 0.174 e. The Balaban J connectivity index is 1.79. The summed E-state index contributed by atoms with van der Waals surface area (Å²) in [5.41, 5.74) is 1.01. The van der Waals surface area contributed by atoms with E-state index < -0.39 is 0 Å². The van der Waals surface area contributed by atoms with Gasteiger partial charge in [-0.15, -0.1) is 11.3 Å². The van der Waals surface area contributed by atoms with E-state index >= 15 is 0 Å². The van der Waals surface area contributed by atoms with E-state index in [0.29, 0.717) is 0 Å². The average Bonchev–Trinajstić information content (AvgIpc) is 2.87. The van der Waals surface area contributed by atoms with E-state index in [1.165, 1.54) is 32.1 Å². The second-order valence-electron chi connectivity index (χ2n) is 5.32. The summed E-state index contributed by atoms with van der Waals surface area (Å²) in [4.78, 5) is 0. The third-order valence-electron chi connectivity index (χ3n) is 3.73. The third-order valence-corrected chi connectivity index (χ3v) is 4.59. The minimum Gasteiger partial charge on any atom is -0.484 e. The number of aliphatic hydroxyl groups is 1. The first kappa shape index (κ1) is 13.9. The van der Waals surface area contributed by atoms with Crippen molar-refractivity contribution in [2.45, 2.75) is 58.0 Å². The molecule has 1 saturated carbocycles. The lowest BCUT2D eigenvalue weighted by atomic mass is 9.90. The fourth-order valence-electron chi connectivity index (χ4n) is 2.57. The first-order chi connectivity index (χ1) is 8.79. The van der Waals surface area contributed by atoms with Crippen LogP contribution in [0.2, 0.25) is 0 Å². The molecule has 1 heterocycles. The van der Waals surface area contributed by atoms with Crippen molar-refractivity contribution in [1.29, 1.82) is 0 Å². The van der Waals surface area contributed by atoms with Crippen LogP contribution in [0.5, 0.6) is 5.06 Å². The summed E-state index contributed by atoms with van der Waals surface area (Å²) in [6, 6.07) is 2.01. The van der Waals surface area contributed by atoms with E-state index in [9.17, 15) is 5.11 Å². The topological polar surface area (TPSA) is 29.5 Å². The Bertz CT molecular complexity index is 342. The Labute approximate surface area is 114 Å². The molecular formula is C15H24O2S. The van der Waals surface area contributed by atoms with Crippen LogP contribution in [0.15, 0.2) is 11.4 Å². The van der Waals surface area contributed by atoms with Gasteiger partial charge in [-0.3, -0.25) is 0 Å². The predicted molar refractivity (Wildman–Crippen MR) is 76.3 cm³/mol. The van der Waals surface area contributed by atoms with Crippen molar-refractivity contribution >= 4 is 11.3 Å². The Morgan fingerprint density at radius 1 is 1.39 bits per heavy atom. The zero-order valence-corrected chi connectivity index (χ0v) is 12.0. The van der Waals surface area contributed by atoms with Gasteiger partial charge in [0, 0.05) is 5.38 Å². The van der Waals surface area contributed by atoms with E-state index in [1.54, 1.807) is 11.3 Å². The molecule has 0 spiro atoms. The van der Waals surface area contributed by atoms with Gasteiger partial charge in [-0.2, -0.15) is 0 Å². The summed E-state index contributed by atoms with van der Waals surface area (Å²) in [5.74, 6) is 0.741. The van der Waals surface area contributed by atoms with E-state index in [2.05, 4.69) is 6.92 Å². The molecule has 0 amide bonds. The van der Waals surface area contributed by atoms with E-state index in [-0.39, 0.29) is 6.10 Å². The highest BCUT2D eigenvalue weighted by Crippen LogP contribution is 2.31. The zero-order valence-electron chi connectivity index (χ0n) is 11.2. The predicted octanol–water partition coefficient (Wildman–Crippen LogP) is 4.54. The van der Waals surface area contributed by atoms with Crippen LogP contribution in [0.25, 0.3) is 0 Å². The molecule has 1 N–H and O–H groups in total. The van der Waals surface area contributed by atoms with Crippen molar-refractivity contribution in [3.63, 3.8) is 0 Å². The third kappa shape index (κ3) is 3.99. The van der Waals surface area contributed by atoms with Crippen LogP contribution in [0.3, 0.4) is 0 Å². The van der Waals surface area contributed by atoms with Crippen LogP contribution >= 0.6 is 11.3 Å². The van der Waals surface area contributed by atoms with Crippen LogP contribution in [-0.4, -0.2) is 11.7 Å². The molecule has 18 heavy (non-hydrogen) atoms. The maximum atomic E-state index is 9.90. The zero-order chi connectivity index (χ0) is 12.8. The molecule has 1 aliphatic rings. The van der Waals surface area contributed by atoms with Gasteiger partial charge < -0.3 is 9.84 Å². The average molecular weight is 268 g/mol. The Morgan fingerprint density at radius 2 is 2.17 bits per heavy atom. The number of hydrogen-bond donors (Lipinski definition) is 1. The SMILES string of the molecule is CCCC(O)c1csc(OCC2CCCCC2)c1. The molecule has 1 unspecified atom stereocenters. The van der Waals surface area contributed by atoms with Gasteiger partial charge in [0.05, 0.1) is 12.7 Å². The molecule has 1 fully saturated rings. The van der Waals surface area contributed by atoms with E-state index in [4.69, 9.17) is 4.74 Å². The highest BCUT2D eigenvalue weighted by atomic mass is 32.1. The molecular weight excluding hydrogens is 244 g/mol. The summed E-state index contributed by atoms with van der Waals surface area (Å²) >= 11 is 1.61. The maximum absolute atomic E-state index is 9.90. The van der Waals surface area contributed by atoms with Crippen LogP contribution in [0, 0.1) is 5.92 Å². The molecule has 2 nitrogen and oxygen atoms in total. The lowest BCUT2D eigenvalue weighted by Crippen LogP contribution is -2.14. The van der Waals surface area contributed by atoms with Crippen molar-refractivity contribution in [3.05, 3.63) is 17.0 Å². The molecule has 0 radical (unpaired) electrons. The standard InChI is InChI=1S/C15H24O2S/c1-2-6-14(16)13-9-15(18-11-13)17-10-12-7-4-3-5-8-12/h9,11-12,14,16H,2-8,10H2,1H3. The molecule has 0 aliphatic heterocycles. The van der Waals surface area contributed by atoms with Gasteiger partial charge in [-0.05, 0) is 36.8 Å². The molecule has 0 aromatic carbocycles. The van der Waals surface area contributed by atoms with Gasteiger partial charge in [0.1, 0.15) is 0 Å². The van der Waals surface area contributed by atoms with E-state index in [1.807, 2.05) is 11.4 Å². The molecule has 102 valence electrons. The minimum absolute atomic E-state index is 0.321. The Kier molecular flexibility index (Phi) is 5.51. The number of aliphatic hydroxyl groups excluding tert-OH is 1. The van der Waals surface area contributed by atoms with Crippen molar-refractivity contribution in [2.24, 2.45) is 5.92 Å². The molecule has 3 heteroatoms. The first-order valence-electron chi connectivity index (χ1n) is 7.19. The minimum atomic E-state index is -0.321. The van der Waals surface area contributed by atoms with Gasteiger partial charge in [-0.1, -0.05) is 32.6 Å². The van der Waals surface area contributed by atoms with Gasteiger partial charge in [0.15, 0.2) is 5.06 Å². The number of ether oxygens (including phenoxy) is 1. The Hall–Kier alpha value is -0.540. The molecule has 0 saturated heterocycles. The lowest BCUT2D eigenvalue weighted by molar-refractivity contribution is 0.166. The summed E-state index contributed by atoms with van der Waals surface area (Å²) in [5, 5.41) is 12.9.